The van der Waals surface area contributed by atoms with Gasteiger partial charge in [0.25, 0.3) is 0 Å². The van der Waals surface area contributed by atoms with Crippen LogP contribution < -0.4 is 0 Å². The van der Waals surface area contributed by atoms with Crippen LogP contribution in [-0.2, 0) is 0 Å². The van der Waals surface area contributed by atoms with Crippen molar-refractivity contribution in [2.24, 2.45) is 0 Å². The molecule has 3 heteroatoms. The van der Waals surface area contributed by atoms with E-state index in [1.807, 2.05) is 69.0 Å². The van der Waals surface area contributed by atoms with Crippen molar-refractivity contribution in [1.82, 2.24) is 0 Å². The van der Waals surface area contributed by atoms with Crippen LogP contribution >= 0.6 is 9.24 Å². The molecule has 0 aliphatic carbocycles. The minimum absolute atomic E-state index is 0.0399. The van der Waals surface area contributed by atoms with Crippen LogP contribution in [0.25, 0.3) is 0 Å². The summed E-state index contributed by atoms with van der Waals surface area (Å²) in [6, 6.07) is 18.3. The van der Waals surface area contributed by atoms with Crippen LogP contribution in [0.15, 0.2) is 60.7 Å². The number of aliphatic hydroxyl groups is 1. The smallest absolute Gasteiger partial charge is 0.165 e. The summed E-state index contributed by atoms with van der Waals surface area (Å²) >= 11 is 0. The standard InChI is InChI=1S/C15H14O2.C2H6.CH5P/c16-14(12-7-3-1-4-8-12)11-15(17)13-9-5-2-6-10-13;2*1-2/h1-10,14,16H,11H2;1-2H3;2H2,1H3. The van der Waals surface area contributed by atoms with Gasteiger partial charge in [-0.3, -0.25) is 4.79 Å². The van der Waals surface area contributed by atoms with Crippen LogP contribution in [0.1, 0.15) is 42.3 Å². The minimum Gasteiger partial charge on any atom is -0.388 e. The quantitative estimate of drug-likeness (QED) is 0.666. The number of Topliss-reactive ketones (excluding diaryl/α,β-unsaturated/α-hetero) is 1. The fourth-order valence-corrected chi connectivity index (χ4v) is 1.71. The van der Waals surface area contributed by atoms with Gasteiger partial charge < -0.3 is 5.11 Å². The third-order valence-corrected chi connectivity index (χ3v) is 2.66. The van der Waals surface area contributed by atoms with E-state index in [2.05, 4.69) is 9.24 Å². The summed E-state index contributed by atoms with van der Waals surface area (Å²) in [6.45, 7) is 5.92. The lowest BCUT2D eigenvalue weighted by Gasteiger charge is -2.09. The maximum absolute atomic E-state index is 11.9. The Morgan fingerprint density at radius 3 is 1.86 bits per heavy atom. The Hall–Kier alpha value is -1.50. The van der Waals surface area contributed by atoms with Crippen molar-refractivity contribution in [3.8, 4) is 0 Å². The fraction of sp³-hybridized carbons (Fsp3) is 0.278. The molecule has 2 unspecified atom stereocenters. The van der Waals surface area contributed by atoms with Crippen molar-refractivity contribution in [1.29, 1.82) is 0 Å². The Kier molecular flexibility index (Phi) is 11.4. The number of benzene rings is 2. The molecule has 0 spiro atoms. The molecule has 114 valence electrons. The second-order valence-corrected chi connectivity index (χ2v) is 3.92. The molecule has 2 nitrogen and oxygen atoms in total. The van der Waals surface area contributed by atoms with Gasteiger partial charge in [-0.05, 0) is 5.56 Å². The molecule has 0 amide bonds. The van der Waals surface area contributed by atoms with Gasteiger partial charge in [0.15, 0.2) is 5.78 Å². The molecule has 0 heterocycles. The number of carbonyl (C=O) groups excluding carboxylic acids is 1. The third-order valence-electron chi connectivity index (χ3n) is 2.66. The summed E-state index contributed by atoms with van der Waals surface area (Å²) < 4.78 is 0. The molecule has 0 fully saturated rings. The monoisotopic (exact) mass is 304 g/mol. The molecule has 0 aromatic heterocycles. The number of aliphatic hydroxyl groups excluding tert-OH is 1. The maximum atomic E-state index is 11.9. The molecule has 21 heavy (non-hydrogen) atoms. The van der Waals surface area contributed by atoms with Crippen LogP contribution in [0.3, 0.4) is 0 Å². The second kappa shape index (κ2) is 12.3. The zero-order valence-electron chi connectivity index (χ0n) is 13.0. The Labute approximate surface area is 130 Å². The number of hydrogen-bond donors (Lipinski definition) is 1. The highest BCUT2D eigenvalue weighted by atomic mass is 31.0. The lowest BCUT2D eigenvalue weighted by atomic mass is 10.0. The van der Waals surface area contributed by atoms with Crippen molar-refractivity contribution in [2.75, 3.05) is 6.66 Å². The second-order valence-electron chi connectivity index (χ2n) is 3.92. The first-order valence-electron chi connectivity index (χ1n) is 7.16. The topological polar surface area (TPSA) is 37.3 Å². The summed E-state index contributed by atoms with van der Waals surface area (Å²) in [6.07, 6.45) is -0.613. The first kappa shape index (κ1) is 19.5. The zero-order valence-corrected chi connectivity index (χ0v) is 14.1. The van der Waals surface area contributed by atoms with E-state index < -0.39 is 6.10 Å². The van der Waals surface area contributed by atoms with Crippen molar-refractivity contribution < 1.29 is 9.90 Å². The van der Waals surface area contributed by atoms with Gasteiger partial charge in [0.05, 0.1) is 6.10 Å². The van der Waals surface area contributed by atoms with Gasteiger partial charge >= 0.3 is 0 Å². The SMILES string of the molecule is CC.CP.O=C(CC(O)c1ccccc1)c1ccccc1. The minimum atomic E-state index is -0.732. The fourth-order valence-electron chi connectivity index (χ4n) is 1.71. The molecule has 0 aliphatic rings. The molecule has 0 saturated carbocycles. The van der Waals surface area contributed by atoms with E-state index in [1.165, 1.54) is 0 Å². The summed E-state index contributed by atoms with van der Waals surface area (Å²) in [5.41, 5.74) is 1.42. The molecule has 1 N–H and O–H groups in total. The average molecular weight is 304 g/mol. The molecule has 2 rings (SSSR count). The van der Waals surface area contributed by atoms with Crippen LogP contribution in [-0.4, -0.2) is 17.6 Å². The normalized spacial score (nSPS) is 10.3. The van der Waals surface area contributed by atoms with E-state index >= 15 is 0 Å². The average Bonchev–Trinajstić information content (AvgIpc) is 2.60. The number of carbonyl (C=O) groups is 1. The third kappa shape index (κ3) is 7.17. The summed E-state index contributed by atoms with van der Waals surface area (Å²) in [4.78, 5) is 11.9. The van der Waals surface area contributed by atoms with Gasteiger partial charge in [0.1, 0.15) is 0 Å². The molecule has 0 bridgehead atoms. The Bertz CT molecular complexity index is 483. The highest BCUT2D eigenvalue weighted by Gasteiger charge is 2.13. The van der Waals surface area contributed by atoms with Crippen molar-refractivity contribution in [3.63, 3.8) is 0 Å². The van der Waals surface area contributed by atoms with Crippen LogP contribution in [0.4, 0.5) is 0 Å². The Morgan fingerprint density at radius 1 is 0.952 bits per heavy atom. The molecule has 0 aliphatic heterocycles. The van der Waals surface area contributed by atoms with Gasteiger partial charge in [-0.15, -0.1) is 9.24 Å². The molecule has 2 aromatic carbocycles. The summed E-state index contributed by atoms with van der Waals surface area (Å²) in [5, 5.41) is 9.93. The van der Waals surface area contributed by atoms with E-state index in [-0.39, 0.29) is 12.2 Å². The first-order chi connectivity index (χ1) is 10.3. The molecule has 2 atom stereocenters. The molecule has 0 radical (unpaired) electrons. The van der Waals surface area contributed by atoms with Crippen LogP contribution in [0.2, 0.25) is 0 Å². The predicted molar refractivity (Wildman–Crippen MR) is 93.8 cm³/mol. The van der Waals surface area contributed by atoms with E-state index in [9.17, 15) is 9.90 Å². The first-order valence-corrected chi connectivity index (χ1v) is 8.32. The van der Waals surface area contributed by atoms with Gasteiger partial charge in [-0.1, -0.05) is 81.2 Å². The largest absolute Gasteiger partial charge is 0.388 e. The van der Waals surface area contributed by atoms with E-state index in [0.29, 0.717) is 5.56 Å². The van der Waals surface area contributed by atoms with Gasteiger partial charge in [-0.25, -0.2) is 0 Å². The molecular formula is C18H25O2P. The van der Waals surface area contributed by atoms with Crippen LogP contribution in [0, 0.1) is 0 Å². The molecule has 0 saturated heterocycles. The Balaban J connectivity index is 0.000000921. The number of hydrogen-bond acceptors (Lipinski definition) is 2. The highest BCUT2D eigenvalue weighted by Crippen LogP contribution is 2.18. The van der Waals surface area contributed by atoms with E-state index in [1.54, 1.807) is 12.1 Å². The zero-order chi connectivity index (χ0) is 16.1. The van der Waals surface area contributed by atoms with Gasteiger partial charge in [0.2, 0.25) is 0 Å². The van der Waals surface area contributed by atoms with Crippen molar-refractivity contribution >= 4 is 15.0 Å². The summed E-state index contributed by atoms with van der Waals surface area (Å²) in [7, 11) is 2.42. The summed E-state index contributed by atoms with van der Waals surface area (Å²) in [5.74, 6) is -0.0399. The van der Waals surface area contributed by atoms with Crippen LogP contribution in [0.5, 0.6) is 0 Å². The van der Waals surface area contributed by atoms with Gasteiger partial charge in [0, 0.05) is 12.0 Å². The maximum Gasteiger partial charge on any atom is 0.165 e. The number of ketones is 1. The Morgan fingerprint density at radius 2 is 1.38 bits per heavy atom. The molecule has 2 aromatic rings. The predicted octanol–water partition coefficient (Wildman–Crippen LogP) is 4.51. The molecular weight excluding hydrogens is 279 g/mol. The van der Waals surface area contributed by atoms with Gasteiger partial charge in [-0.2, -0.15) is 0 Å². The lowest BCUT2D eigenvalue weighted by molar-refractivity contribution is 0.0880. The van der Waals surface area contributed by atoms with Crippen molar-refractivity contribution in [2.45, 2.75) is 26.4 Å². The number of rotatable bonds is 4. The van der Waals surface area contributed by atoms with E-state index in [0.717, 1.165) is 5.56 Å². The lowest BCUT2D eigenvalue weighted by Crippen LogP contribution is -2.06. The van der Waals surface area contributed by atoms with Crippen molar-refractivity contribution in [3.05, 3.63) is 71.8 Å². The highest BCUT2D eigenvalue weighted by molar-refractivity contribution is 7.15. The van der Waals surface area contributed by atoms with E-state index in [4.69, 9.17) is 0 Å².